The van der Waals surface area contributed by atoms with Gasteiger partial charge in [-0.3, -0.25) is 10.1 Å². The Balaban J connectivity index is 1.71. The lowest BCUT2D eigenvalue weighted by atomic mass is 10.1. The summed E-state index contributed by atoms with van der Waals surface area (Å²) < 4.78 is 21.3. The lowest BCUT2D eigenvalue weighted by molar-refractivity contribution is -0.112. The molecule has 1 aromatic carbocycles. The van der Waals surface area contributed by atoms with Crippen molar-refractivity contribution in [2.24, 2.45) is 0 Å². The van der Waals surface area contributed by atoms with E-state index in [4.69, 9.17) is 18.6 Å². The maximum Gasteiger partial charge on any atom is 0.322 e. The molecule has 0 radical (unpaired) electrons. The van der Waals surface area contributed by atoms with Crippen LogP contribution < -0.4 is 19.5 Å². The summed E-state index contributed by atoms with van der Waals surface area (Å²) in [7, 11) is 4.57. The van der Waals surface area contributed by atoms with Crippen LogP contribution in [0.4, 0.5) is 6.01 Å². The van der Waals surface area contributed by atoms with Crippen LogP contribution in [0.1, 0.15) is 10.6 Å². The third-order valence-electron chi connectivity index (χ3n) is 3.61. The molecule has 3 aromatic rings. The van der Waals surface area contributed by atoms with Gasteiger partial charge in [0.25, 0.3) is 11.8 Å². The van der Waals surface area contributed by atoms with Crippen molar-refractivity contribution in [1.82, 2.24) is 15.2 Å². The number of aryl methyl sites for hydroxylation is 1. The number of carbonyl (C=O) groups excluding carboxylic acids is 1. The van der Waals surface area contributed by atoms with Crippen molar-refractivity contribution in [3.63, 3.8) is 0 Å². The van der Waals surface area contributed by atoms with Crippen molar-refractivity contribution in [3.8, 4) is 28.8 Å². The Morgan fingerprint density at radius 2 is 1.86 bits per heavy atom. The van der Waals surface area contributed by atoms with Crippen LogP contribution in [0.15, 0.2) is 28.0 Å². The molecule has 2 aromatic heterocycles. The molecule has 0 bridgehead atoms. The molecular weight excluding hydrogens is 384 g/mol. The second kappa shape index (κ2) is 8.53. The quantitative estimate of drug-likeness (QED) is 0.600. The number of methoxy groups -OCH3 is 3. The van der Waals surface area contributed by atoms with E-state index in [-0.39, 0.29) is 11.9 Å². The molecule has 0 atom stereocenters. The fraction of sp³-hybridized carbons (Fsp3) is 0.222. The topological polar surface area (TPSA) is 109 Å². The molecule has 0 aliphatic rings. The second-order valence-electron chi connectivity index (χ2n) is 5.45. The summed E-state index contributed by atoms with van der Waals surface area (Å²) in [5.41, 5.74) is 1.26. The van der Waals surface area contributed by atoms with Crippen molar-refractivity contribution in [1.29, 1.82) is 0 Å². The first-order valence-electron chi connectivity index (χ1n) is 8.09. The number of anilines is 1. The van der Waals surface area contributed by atoms with Crippen LogP contribution in [-0.4, -0.2) is 42.4 Å². The highest BCUT2D eigenvalue weighted by molar-refractivity contribution is 7.09. The van der Waals surface area contributed by atoms with Crippen LogP contribution in [0.2, 0.25) is 0 Å². The Hall–Kier alpha value is -3.40. The standard InChI is InChI=1S/C18H18N4O5S/c1-10-19-12(9-28-10)17-21-22-18(27-17)20-15(23)6-5-11-7-13(24-2)16(26-4)14(8-11)25-3/h5-9H,1-4H3,(H,20,22,23). The van der Waals surface area contributed by atoms with Gasteiger partial charge in [-0.1, -0.05) is 5.10 Å². The predicted molar refractivity (Wildman–Crippen MR) is 104 cm³/mol. The van der Waals surface area contributed by atoms with Crippen molar-refractivity contribution in [3.05, 3.63) is 34.2 Å². The van der Waals surface area contributed by atoms with E-state index in [0.29, 0.717) is 28.5 Å². The van der Waals surface area contributed by atoms with E-state index < -0.39 is 5.91 Å². The molecule has 146 valence electrons. The molecule has 0 unspecified atom stereocenters. The summed E-state index contributed by atoms with van der Waals surface area (Å²) in [5, 5.41) is 12.9. The summed E-state index contributed by atoms with van der Waals surface area (Å²) in [6, 6.07) is 3.43. The number of thiazole rings is 1. The van der Waals surface area contributed by atoms with Crippen LogP contribution in [0.3, 0.4) is 0 Å². The highest BCUT2D eigenvalue weighted by Gasteiger charge is 2.14. The molecule has 0 saturated carbocycles. The molecule has 0 aliphatic heterocycles. The van der Waals surface area contributed by atoms with Gasteiger partial charge in [-0.05, 0) is 30.7 Å². The van der Waals surface area contributed by atoms with Gasteiger partial charge in [0.15, 0.2) is 11.5 Å². The Bertz CT molecular complexity index is 986. The van der Waals surface area contributed by atoms with Gasteiger partial charge in [0.1, 0.15) is 5.69 Å². The molecule has 0 fully saturated rings. The van der Waals surface area contributed by atoms with Gasteiger partial charge < -0.3 is 18.6 Å². The highest BCUT2D eigenvalue weighted by Crippen LogP contribution is 2.38. The van der Waals surface area contributed by atoms with Crippen molar-refractivity contribution in [2.45, 2.75) is 6.92 Å². The molecular formula is C18H18N4O5S. The molecule has 28 heavy (non-hydrogen) atoms. The smallest absolute Gasteiger partial charge is 0.322 e. The Morgan fingerprint density at radius 3 is 2.43 bits per heavy atom. The number of hydrogen-bond donors (Lipinski definition) is 1. The van der Waals surface area contributed by atoms with Gasteiger partial charge in [0, 0.05) is 11.5 Å². The van der Waals surface area contributed by atoms with Crippen LogP contribution in [-0.2, 0) is 4.79 Å². The number of rotatable bonds is 7. The van der Waals surface area contributed by atoms with Gasteiger partial charge in [0.2, 0.25) is 5.75 Å². The number of hydrogen-bond acceptors (Lipinski definition) is 9. The summed E-state index contributed by atoms with van der Waals surface area (Å²) in [6.45, 7) is 1.88. The first-order chi connectivity index (χ1) is 13.5. The number of ether oxygens (including phenoxy) is 3. The first kappa shape index (κ1) is 19.4. The maximum absolute atomic E-state index is 12.1. The average molecular weight is 402 g/mol. The van der Waals surface area contributed by atoms with Crippen LogP contribution >= 0.6 is 11.3 Å². The van der Waals surface area contributed by atoms with Gasteiger partial charge in [-0.25, -0.2) is 4.98 Å². The van der Waals surface area contributed by atoms with E-state index in [9.17, 15) is 4.79 Å². The molecule has 9 nitrogen and oxygen atoms in total. The third kappa shape index (κ3) is 4.29. The van der Waals surface area contributed by atoms with Crippen LogP contribution in [0.25, 0.3) is 17.7 Å². The molecule has 2 heterocycles. The Morgan fingerprint density at radius 1 is 1.14 bits per heavy atom. The first-order valence-corrected chi connectivity index (χ1v) is 8.97. The lowest BCUT2D eigenvalue weighted by Crippen LogP contribution is -2.07. The molecule has 0 spiro atoms. The van der Waals surface area contributed by atoms with Crippen molar-refractivity contribution in [2.75, 3.05) is 26.6 Å². The summed E-state index contributed by atoms with van der Waals surface area (Å²) in [5.74, 6) is 1.26. The lowest BCUT2D eigenvalue weighted by Gasteiger charge is -2.12. The second-order valence-corrected chi connectivity index (χ2v) is 6.51. The molecule has 0 aliphatic carbocycles. The van der Waals surface area contributed by atoms with E-state index in [1.165, 1.54) is 38.7 Å². The van der Waals surface area contributed by atoms with Gasteiger partial charge in [0.05, 0.1) is 26.3 Å². The van der Waals surface area contributed by atoms with E-state index in [1.807, 2.05) is 6.92 Å². The zero-order chi connectivity index (χ0) is 20.1. The van der Waals surface area contributed by atoms with Crippen molar-refractivity contribution < 1.29 is 23.4 Å². The minimum Gasteiger partial charge on any atom is -0.493 e. The zero-order valence-electron chi connectivity index (χ0n) is 15.7. The number of carbonyl (C=O) groups is 1. The SMILES string of the molecule is COc1cc(C=CC(=O)Nc2nnc(-c3csc(C)n3)o2)cc(OC)c1OC. The minimum atomic E-state index is -0.432. The largest absolute Gasteiger partial charge is 0.493 e. The summed E-state index contributed by atoms with van der Waals surface area (Å²) in [6.07, 6.45) is 2.93. The van der Waals surface area contributed by atoms with E-state index in [0.717, 1.165) is 5.01 Å². The van der Waals surface area contributed by atoms with Crippen LogP contribution in [0, 0.1) is 6.92 Å². The number of nitrogens with zero attached hydrogens (tertiary/aromatic N) is 3. The van der Waals surface area contributed by atoms with Gasteiger partial charge in [-0.2, -0.15) is 0 Å². The highest BCUT2D eigenvalue weighted by atomic mass is 32.1. The number of amides is 1. The summed E-state index contributed by atoms with van der Waals surface area (Å²) >= 11 is 1.47. The Kier molecular flexibility index (Phi) is 5.90. The Labute approximate surface area is 165 Å². The normalized spacial score (nSPS) is 10.9. The molecule has 10 heteroatoms. The van der Waals surface area contributed by atoms with Gasteiger partial charge >= 0.3 is 6.01 Å². The summed E-state index contributed by atoms with van der Waals surface area (Å²) in [4.78, 5) is 16.4. The van der Waals surface area contributed by atoms with Crippen molar-refractivity contribution >= 4 is 29.3 Å². The average Bonchev–Trinajstić information content (AvgIpc) is 3.34. The van der Waals surface area contributed by atoms with E-state index >= 15 is 0 Å². The molecule has 3 rings (SSSR count). The maximum atomic E-state index is 12.1. The predicted octanol–water partition coefficient (Wildman–Crippen LogP) is 3.18. The number of aromatic nitrogens is 3. The monoisotopic (exact) mass is 402 g/mol. The fourth-order valence-electron chi connectivity index (χ4n) is 2.36. The van der Waals surface area contributed by atoms with Crippen LogP contribution in [0.5, 0.6) is 17.2 Å². The molecule has 1 N–H and O–H groups in total. The van der Waals surface area contributed by atoms with Gasteiger partial charge in [-0.15, -0.1) is 16.4 Å². The van der Waals surface area contributed by atoms with E-state index in [2.05, 4.69) is 20.5 Å². The number of nitrogens with one attached hydrogen (secondary N) is 1. The van der Waals surface area contributed by atoms with E-state index in [1.54, 1.807) is 23.6 Å². The third-order valence-corrected chi connectivity index (χ3v) is 4.38. The number of benzene rings is 1. The minimum absolute atomic E-state index is 0.0137. The molecule has 0 saturated heterocycles. The molecule has 1 amide bonds. The fourth-order valence-corrected chi connectivity index (χ4v) is 2.94. The zero-order valence-corrected chi connectivity index (χ0v) is 16.5.